The second-order valence-electron chi connectivity index (χ2n) is 8.65. The number of pyridine rings is 1. The summed E-state index contributed by atoms with van der Waals surface area (Å²) in [6, 6.07) is 16.5. The number of aromatic amines is 1. The van der Waals surface area contributed by atoms with Crippen molar-refractivity contribution in [3.8, 4) is 11.8 Å². The van der Waals surface area contributed by atoms with Crippen LogP contribution in [0.5, 0.6) is 5.75 Å². The van der Waals surface area contributed by atoms with E-state index in [1.54, 1.807) is 30.3 Å². The number of hydrogen-bond donors (Lipinski definition) is 2. The minimum atomic E-state index is -0.193. The average molecular weight is 445 g/mol. The van der Waals surface area contributed by atoms with Crippen LogP contribution < -0.4 is 15.6 Å². The number of fused-ring (bicyclic) bond motifs is 1. The fourth-order valence-electron chi connectivity index (χ4n) is 4.27. The fraction of sp³-hybridized carbons (Fsp3) is 0.346. The quantitative estimate of drug-likeness (QED) is 0.583. The van der Waals surface area contributed by atoms with Crippen molar-refractivity contribution in [3.63, 3.8) is 0 Å². The highest BCUT2D eigenvalue weighted by molar-refractivity contribution is 6.06. The molecule has 0 aliphatic carbocycles. The van der Waals surface area contributed by atoms with Crippen LogP contribution in [0.15, 0.2) is 59.5 Å². The summed E-state index contributed by atoms with van der Waals surface area (Å²) in [6.07, 6.45) is 3.56. The number of likely N-dealkylation sites (tertiary alicyclic amines) is 1. The summed E-state index contributed by atoms with van der Waals surface area (Å²) in [6.45, 7) is 5.49. The summed E-state index contributed by atoms with van der Waals surface area (Å²) in [4.78, 5) is 29.8. The van der Waals surface area contributed by atoms with Crippen LogP contribution in [-0.2, 0) is 0 Å². The van der Waals surface area contributed by atoms with Crippen LogP contribution in [0.2, 0.25) is 0 Å². The summed E-state index contributed by atoms with van der Waals surface area (Å²) in [7, 11) is 0. The molecule has 1 fully saturated rings. The Morgan fingerprint density at radius 3 is 2.58 bits per heavy atom. The van der Waals surface area contributed by atoms with Crippen molar-refractivity contribution in [2.45, 2.75) is 25.9 Å². The highest BCUT2D eigenvalue weighted by atomic mass is 16.5. The molecule has 0 bridgehead atoms. The highest BCUT2D eigenvalue weighted by Crippen LogP contribution is 2.20. The maximum Gasteiger partial charge on any atom is 0.255 e. The minimum absolute atomic E-state index is 0.177. The lowest BCUT2D eigenvalue weighted by molar-refractivity contribution is 0.0886. The molecule has 1 aromatic heterocycles. The Balaban J connectivity index is 1.23. The zero-order valence-corrected chi connectivity index (χ0v) is 18.7. The van der Waals surface area contributed by atoms with E-state index in [1.807, 2.05) is 18.2 Å². The second-order valence-corrected chi connectivity index (χ2v) is 8.65. The monoisotopic (exact) mass is 444 g/mol. The van der Waals surface area contributed by atoms with Gasteiger partial charge in [0.15, 0.2) is 0 Å². The molecule has 2 heterocycles. The van der Waals surface area contributed by atoms with Gasteiger partial charge in [-0.15, -0.1) is 0 Å². The van der Waals surface area contributed by atoms with Gasteiger partial charge in [0.25, 0.3) is 11.5 Å². The first-order valence-corrected chi connectivity index (χ1v) is 11.3. The number of piperidine rings is 1. The Bertz CT molecular complexity index is 1200. The standard InChI is InChI=1S/C26H28N4O3/c1-18(15-28-26(32)24-16-29-25(31)23-5-3-2-4-22(23)24)17-30-12-10-21(11-13-30)33-20-8-6-19(14-27)7-9-20/h2-9,16,18,21H,10-13,15,17H2,1H3,(H,28,32)(H,29,31)/t18-/m1/s1. The molecule has 33 heavy (non-hydrogen) atoms. The fourth-order valence-corrected chi connectivity index (χ4v) is 4.27. The molecular weight excluding hydrogens is 416 g/mol. The summed E-state index contributed by atoms with van der Waals surface area (Å²) in [5, 5.41) is 13.1. The molecule has 0 saturated carbocycles. The Hall–Kier alpha value is -3.63. The predicted molar refractivity (Wildman–Crippen MR) is 127 cm³/mol. The third kappa shape index (κ3) is 5.60. The number of nitriles is 1. The molecule has 0 spiro atoms. The van der Waals surface area contributed by atoms with Gasteiger partial charge >= 0.3 is 0 Å². The first kappa shape index (κ1) is 22.6. The zero-order chi connectivity index (χ0) is 23.2. The number of nitrogens with zero attached hydrogens (tertiary/aromatic N) is 2. The van der Waals surface area contributed by atoms with Crippen LogP contribution in [0.3, 0.4) is 0 Å². The van der Waals surface area contributed by atoms with Crippen LogP contribution in [0, 0.1) is 17.2 Å². The summed E-state index contributed by atoms with van der Waals surface area (Å²) < 4.78 is 6.06. The zero-order valence-electron chi connectivity index (χ0n) is 18.7. The lowest BCUT2D eigenvalue weighted by Crippen LogP contribution is -2.42. The Morgan fingerprint density at radius 2 is 1.88 bits per heavy atom. The van der Waals surface area contributed by atoms with Gasteiger partial charge in [-0.2, -0.15) is 5.26 Å². The van der Waals surface area contributed by atoms with E-state index in [9.17, 15) is 9.59 Å². The van der Waals surface area contributed by atoms with Crippen LogP contribution in [0.1, 0.15) is 35.7 Å². The Labute approximate surface area is 193 Å². The van der Waals surface area contributed by atoms with Crippen LogP contribution in [-0.4, -0.2) is 48.1 Å². The smallest absolute Gasteiger partial charge is 0.255 e. The third-order valence-corrected chi connectivity index (χ3v) is 6.06. The number of aromatic nitrogens is 1. The van der Waals surface area contributed by atoms with Gasteiger partial charge in [-0.05, 0) is 49.1 Å². The molecule has 1 aliphatic heterocycles. The summed E-state index contributed by atoms with van der Waals surface area (Å²) in [5.41, 5.74) is 0.923. The molecule has 1 amide bonds. The average Bonchev–Trinajstić information content (AvgIpc) is 2.85. The van der Waals surface area contributed by atoms with E-state index in [-0.39, 0.29) is 17.6 Å². The SMILES string of the molecule is C[C@H](CNC(=O)c1c[nH]c(=O)c2ccccc12)CN1CCC(Oc2ccc(C#N)cc2)CC1. The molecule has 1 saturated heterocycles. The van der Waals surface area contributed by atoms with E-state index in [2.05, 4.69) is 28.2 Å². The molecule has 0 unspecified atom stereocenters. The topological polar surface area (TPSA) is 98.2 Å². The van der Waals surface area contributed by atoms with Gasteiger partial charge in [-0.25, -0.2) is 0 Å². The normalized spacial score (nSPS) is 15.6. The minimum Gasteiger partial charge on any atom is -0.490 e. The van der Waals surface area contributed by atoms with Gasteiger partial charge in [0.05, 0.1) is 17.2 Å². The number of amides is 1. The third-order valence-electron chi connectivity index (χ3n) is 6.06. The van der Waals surface area contributed by atoms with E-state index in [4.69, 9.17) is 10.00 Å². The number of benzene rings is 2. The van der Waals surface area contributed by atoms with E-state index in [0.29, 0.717) is 34.4 Å². The number of hydrogen-bond acceptors (Lipinski definition) is 5. The molecule has 1 atom stereocenters. The van der Waals surface area contributed by atoms with Crippen molar-refractivity contribution in [2.24, 2.45) is 5.92 Å². The molecule has 2 aromatic carbocycles. The molecule has 1 aliphatic rings. The number of carbonyl (C=O) groups is 1. The van der Waals surface area contributed by atoms with Crippen molar-refractivity contribution < 1.29 is 9.53 Å². The van der Waals surface area contributed by atoms with Crippen LogP contribution in [0.4, 0.5) is 0 Å². The predicted octanol–water partition coefficient (Wildman–Crippen LogP) is 3.31. The van der Waals surface area contributed by atoms with Crippen molar-refractivity contribution in [2.75, 3.05) is 26.2 Å². The molecule has 170 valence electrons. The number of ether oxygens (including phenoxy) is 1. The first-order chi connectivity index (χ1) is 16.0. The molecule has 7 nitrogen and oxygen atoms in total. The molecule has 0 radical (unpaired) electrons. The van der Waals surface area contributed by atoms with E-state index in [0.717, 1.165) is 38.2 Å². The lowest BCUT2D eigenvalue weighted by atomic mass is 10.0. The Kier molecular flexibility index (Phi) is 7.06. The lowest BCUT2D eigenvalue weighted by Gasteiger charge is -2.33. The first-order valence-electron chi connectivity index (χ1n) is 11.3. The number of carbonyl (C=O) groups excluding carboxylic acids is 1. The highest BCUT2D eigenvalue weighted by Gasteiger charge is 2.22. The molecule has 4 rings (SSSR count). The largest absolute Gasteiger partial charge is 0.490 e. The number of H-pyrrole nitrogens is 1. The van der Waals surface area contributed by atoms with Gasteiger partial charge in [-0.3, -0.25) is 9.59 Å². The van der Waals surface area contributed by atoms with Crippen molar-refractivity contribution in [1.29, 1.82) is 5.26 Å². The van der Waals surface area contributed by atoms with Crippen LogP contribution >= 0.6 is 0 Å². The van der Waals surface area contributed by atoms with Crippen molar-refractivity contribution in [1.82, 2.24) is 15.2 Å². The summed E-state index contributed by atoms with van der Waals surface area (Å²) in [5.74, 6) is 0.918. The number of nitrogens with one attached hydrogen (secondary N) is 2. The van der Waals surface area contributed by atoms with E-state index in [1.165, 1.54) is 6.20 Å². The van der Waals surface area contributed by atoms with Gasteiger partial charge in [0.1, 0.15) is 11.9 Å². The van der Waals surface area contributed by atoms with Gasteiger partial charge in [-0.1, -0.05) is 25.1 Å². The molecule has 3 aromatic rings. The van der Waals surface area contributed by atoms with Crippen molar-refractivity contribution >= 4 is 16.7 Å². The van der Waals surface area contributed by atoms with Gasteiger partial charge in [0, 0.05) is 43.1 Å². The van der Waals surface area contributed by atoms with Crippen LogP contribution in [0.25, 0.3) is 10.8 Å². The number of rotatable bonds is 7. The summed E-state index contributed by atoms with van der Waals surface area (Å²) >= 11 is 0. The maximum absolute atomic E-state index is 12.7. The van der Waals surface area contributed by atoms with Gasteiger partial charge < -0.3 is 19.9 Å². The van der Waals surface area contributed by atoms with Crippen molar-refractivity contribution in [3.05, 3.63) is 76.2 Å². The van der Waals surface area contributed by atoms with E-state index >= 15 is 0 Å². The van der Waals surface area contributed by atoms with Gasteiger partial charge in [0.2, 0.25) is 0 Å². The molecule has 2 N–H and O–H groups in total. The Morgan fingerprint density at radius 1 is 1.18 bits per heavy atom. The second kappa shape index (κ2) is 10.3. The molecular formula is C26H28N4O3. The van der Waals surface area contributed by atoms with E-state index < -0.39 is 0 Å². The molecule has 7 heteroatoms. The maximum atomic E-state index is 12.7.